The van der Waals surface area contributed by atoms with Gasteiger partial charge in [-0.15, -0.1) is 0 Å². The number of aliphatic carboxylic acids is 1. The zero-order valence-corrected chi connectivity index (χ0v) is 17.8. The number of fused-ring (bicyclic) bond motifs is 3. The summed E-state index contributed by atoms with van der Waals surface area (Å²) in [6.45, 7) is 3.89. The molecule has 3 aromatic rings. The smallest absolute Gasteiger partial charge is 0.318 e. The van der Waals surface area contributed by atoms with Crippen molar-refractivity contribution in [2.24, 2.45) is 5.73 Å². The molecule has 0 heterocycles. The third kappa shape index (κ3) is 4.47. The minimum absolute atomic E-state index is 0.333. The van der Waals surface area contributed by atoms with Gasteiger partial charge in [0, 0.05) is 0 Å². The lowest BCUT2D eigenvalue weighted by Crippen LogP contribution is -2.35. The highest BCUT2D eigenvalue weighted by atomic mass is 16.4. The number of carboxylic acid groups (broad SMARTS) is 1. The number of hydrogen-bond acceptors (Lipinski definition) is 2. The predicted octanol–water partition coefficient (Wildman–Crippen LogP) is 5.80. The number of nitrogens with two attached hydrogens (primary N) is 1. The van der Waals surface area contributed by atoms with Gasteiger partial charge in [0.15, 0.2) is 0 Å². The summed E-state index contributed by atoms with van der Waals surface area (Å²) in [6, 6.07) is 26.7. The minimum Gasteiger partial charge on any atom is -0.480 e. The maximum Gasteiger partial charge on any atom is 0.318 e. The van der Waals surface area contributed by atoms with Crippen molar-refractivity contribution < 1.29 is 9.90 Å². The fraction of sp³-hybridized carbons (Fsp3) is 0.296. The number of carboxylic acids is 1. The van der Waals surface area contributed by atoms with Crippen LogP contribution in [0.5, 0.6) is 0 Å². The Balaban J connectivity index is 0.000000589. The van der Waals surface area contributed by atoms with Crippen molar-refractivity contribution in [3.63, 3.8) is 0 Å². The molecule has 30 heavy (non-hydrogen) atoms. The van der Waals surface area contributed by atoms with E-state index in [9.17, 15) is 9.90 Å². The Morgan fingerprint density at radius 1 is 0.833 bits per heavy atom. The molecule has 0 bridgehead atoms. The summed E-state index contributed by atoms with van der Waals surface area (Å²) in [5.74, 6) is -0.741. The zero-order valence-electron chi connectivity index (χ0n) is 17.8. The molecule has 0 radical (unpaired) electrons. The van der Waals surface area contributed by atoms with Crippen LogP contribution < -0.4 is 5.73 Å². The van der Waals surface area contributed by atoms with E-state index >= 15 is 0 Å². The highest BCUT2D eigenvalue weighted by molar-refractivity contribution is 5.97. The first-order chi connectivity index (χ1) is 14.5. The van der Waals surface area contributed by atoms with Gasteiger partial charge in [-0.1, -0.05) is 99.1 Å². The summed E-state index contributed by atoms with van der Waals surface area (Å²) in [5.41, 5.74) is 9.50. The lowest BCUT2D eigenvalue weighted by Gasteiger charge is -2.27. The van der Waals surface area contributed by atoms with Crippen LogP contribution >= 0.6 is 0 Å². The van der Waals surface area contributed by atoms with Crippen LogP contribution in [0.1, 0.15) is 49.8 Å². The van der Waals surface area contributed by atoms with Gasteiger partial charge >= 0.3 is 5.97 Å². The molecule has 3 nitrogen and oxygen atoms in total. The van der Waals surface area contributed by atoms with Crippen LogP contribution in [0.25, 0.3) is 11.1 Å². The second-order valence-corrected chi connectivity index (χ2v) is 8.24. The highest BCUT2D eigenvalue weighted by Gasteiger charge is 2.48. The molecule has 0 aliphatic heterocycles. The summed E-state index contributed by atoms with van der Waals surface area (Å²) >= 11 is 0. The third-order valence-electron chi connectivity index (χ3n) is 5.54. The Morgan fingerprint density at radius 2 is 1.30 bits per heavy atom. The van der Waals surface area contributed by atoms with Crippen molar-refractivity contribution in [3.05, 3.63) is 95.6 Å². The zero-order chi connectivity index (χ0) is 21.6. The van der Waals surface area contributed by atoms with Gasteiger partial charge in [0.2, 0.25) is 0 Å². The summed E-state index contributed by atoms with van der Waals surface area (Å²) < 4.78 is 0. The Hall–Kier alpha value is -2.91. The SMILES string of the molecule is CC(C)N.O=C(O)C1(CCCCc2ccccc2)c2ccccc2-c2ccccc21. The van der Waals surface area contributed by atoms with Crippen LogP contribution in [0.4, 0.5) is 0 Å². The standard InChI is InChI=1S/C24H22O2.C3H9N/c25-23(26)24(17-9-8-12-18-10-2-1-3-11-18)21-15-6-4-13-19(21)20-14-5-7-16-22(20)24;1-3(2)4/h1-7,10-11,13-16H,8-9,12,17H2,(H,25,26);3H,4H2,1-2H3. The van der Waals surface area contributed by atoms with Crippen molar-refractivity contribution in [1.29, 1.82) is 0 Å². The van der Waals surface area contributed by atoms with E-state index in [4.69, 9.17) is 5.73 Å². The first-order valence-corrected chi connectivity index (χ1v) is 10.7. The quantitative estimate of drug-likeness (QED) is 0.513. The molecule has 0 atom stereocenters. The molecule has 0 saturated heterocycles. The van der Waals surface area contributed by atoms with Crippen LogP contribution in [-0.2, 0) is 16.6 Å². The van der Waals surface area contributed by atoms with Crippen LogP contribution in [0, 0.1) is 0 Å². The van der Waals surface area contributed by atoms with E-state index < -0.39 is 11.4 Å². The Labute approximate surface area is 179 Å². The second kappa shape index (κ2) is 9.73. The molecule has 0 spiro atoms. The molecule has 4 rings (SSSR count). The van der Waals surface area contributed by atoms with E-state index in [1.807, 2.05) is 68.4 Å². The van der Waals surface area contributed by atoms with Crippen LogP contribution in [0.15, 0.2) is 78.9 Å². The Kier molecular flexibility index (Phi) is 7.07. The van der Waals surface area contributed by atoms with Gasteiger partial charge in [0.05, 0.1) is 0 Å². The fourth-order valence-electron chi connectivity index (χ4n) is 4.30. The van der Waals surface area contributed by atoms with Gasteiger partial charge in [-0.25, -0.2) is 0 Å². The Bertz CT molecular complexity index is 931. The molecule has 156 valence electrons. The molecule has 1 aliphatic carbocycles. The summed E-state index contributed by atoms with van der Waals surface area (Å²) in [4.78, 5) is 12.5. The van der Waals surface area contributed by atoms with Crippen molar-refractivity contribution in [1.82, 2.24) is 0 Å². The largest absolute Gasteiger partial charge is 0.480 e. The summed E-state index contributed by atoms with van der Waals surface area (Å²) in [7, 11) is 0. The maximum atomic E-state index is 12.5. The number of aryl methyl sites for hydroxylation is 1. The van der Waals surface area contributed by atoms with E-state index in [0.717, 1.165) is 41.5 Å². The summed E-state index contributed by atoms with van der Waals surface area (Å²) in [6.07, 6.45) is 3.48. The van der Waals surface area contributed by atoms with E-state index in [2.05, 4.69) is 24.3 Å². The first kappa shape index (κ1) is 21.8. The van der Waals surface area contributed by atoms with Gasteiger partial charge in [-0.05, 0) is 53.1 Å². The molecule has 0 saturated carbocycles. The van der Waals surface area contributed by atoms with Gasteiger partial charge in [-0.3, -0.25) is 4.79 Å². The average Bonchev–Trinajstić information content (AvgIpc) is 3.03. The normalized spacial score (nSPS) is 13.2. The van der Waals surface area contributed by atoms with Crippen LogP contribution in [0.2, 0.25) is 0 Å². The lowest BCUT2D eigenvalue weighted by atomic mass is 9.74. The first-order valence-electron chi connectivity index (χ1n) is 10.7. The second-order valence-electron chi connectivity index (χ2n) is 8.24. The minimum atomic E-state index is -0.927. The lowest BCUT2D eigenvalue weighted by molar-refractivity contribution is -0.142. The molecule has 1 aliphatic rings. The summed E-state index contributed by atoms with van der Waals surface area (Å²) in [5, 5.41) is 10.3. The number of benzene rings is 3. The Morgan fingerprint density at radius 3 is 1.80 bits per heavy atom. The molecule has 3 heteroatoms. The van der Waals surface area contributed by atoms with Crippen LogP contribution in [-0.4, -0.2) is 17.1 Å². The molecule has 0 unspecified atom stereocenters. The van der Waals surface area contributed by atoms with E-state index in [1.165, 1.54) is 5.56 Å². The maximum absolute atomic E-state index is 12.5. The molecule has 0 amide bonds. The average molecular weight is 402 g/mol. The van der Waals surface area contributed by atoms with Gasteiger partial charge < -0.3 is 10.8 Å². The van der Waals surface area contributed by atoms with Crippen molar-refractivity contribution >= 4 is 5.97 Å². The number of hydrogen-bond donors (Lipinski definition) is 2. The molecular formula is C27H31NO2. The van der Waals surface area contributed by atoms with Crippen LogP contribution in [0.3, 0.4) is 0 Å². The van der Waals surface area contributed by atoms with Gasteiger partial charge in [0.1, 0.15) is 5.41 Å². The van der Waals surface area contributed by atoms with Crippen molar-refractivity contribution in [2.45, 2.75) is 51.0 Å². The molecular weight excluding hydrogens is 370 g/mol. The molecule has 3 N–H and O–H groups in total. The number of rotatable bonds is 6. The predicted molar refractivity (Wildman–Crippen MR) is 124 cm³/mol. The van der Waals surface area contributed by atoms with E-state index in [-0.39, 0.29) is 0 Å². The highest BCUT2D eigenvalue weighted by Crippen LogP contribution is 2.51. The number of carbonyl (C=O) groups is 1. The molecule has 0 fully saturated rings. The topological polar surface area (TPSA) is 63.3 Å². The van der Waals surface area contributed by atoms with Crippen molar-refractivity contribution in [3.8, 4) is 11.1 Å². The molecule has 3 aromatic carbocycles. The van der Waals surface area contributed by atoms with Gasteiger partial charge in [-0.2, -0.15) is 0 Å². The monoisotopic (exact) mass is 401 g/mol. The molecule has 0 aromatic heterocycles. The van der Waals surface area contributed by atoms with E-state index in [1.54, 1.807) is 0 Å². The third-order valence-corrected chi connectivity index (χ3v) is 5.54. The van der Waals surface area contributed by atoms with Gasteiger partial charge in [0.25, 0.3) is 0 Å². The van der Waals surface area contributed by atoms with Crippen molar-refractivity contribution in [2.75, 3.05) is 0 Å². The van der Waals surface area contributed by atoms with E-state index in [0.29, 0.717) is 12.5 Å². The fourth-order valence-corrected chi connectivity index (χ4v) is 4.30. The number of unbranched alkanes of at least 4 members (excludes halogenated alkanes) is 1.